The van der Waals surface area contributed by atoms with Crippen LogP contribution < -0.4 is 5.32 Å². The standard InChI is InChI=1S/C31H41FN2O4/c1-31(2,3)38-29(35)25-11-9-22(10-12-25)20-34-17-15-24(16-18-34)27-14-13-26(19-28(27)32)33-30(36)37-21-23-7-5-4-6-8-23/h4-8,13-14,19,22,24-25H,9-12,15-18,20-21H2,1-3H3,(H,33,36)/t22-,25-. The summed E-state index contributed by atoms with van der Waals surface area (Å²) in [7, 11) is 0. The highest BCUT2D eigenvalue weighted by molar-refractivity contribution is 5.84. The summed E-state index contributed by atoms with van der Waals surface area (Å²) in [5.41, 5.74) is 1.57. The van der Waals surface area contributed by atoms with Crippen LogP contribution in [0, 0.1) is 17.7 Å². The largest absolute Gasteiger partial charge is 0.460 e. The molecule has 1 saturated heterocycles. The second-order valence-electron chi connectivity index (χ2n) is 11.7. The molecule has 0 radical (unpaired) electrons. The van der Waals surface area contributed by atoms with E-state index in [0.717, 1.165) is 63.7 Å². The molecule has 0 atom stereocenters. The van der Waals surface area contributed by atoms with Gasteiger partial charge in [0.25, 0.3) is 0 Å². The van der Waals surface area contributed by atoms with Crippen molar-refractivity contribution < 1.29 is 23.5 Å². The molecule has 0 spiro atoms. The van der Waals surface area contributed by atoms with Crippen LogP contribution in [-0.2, 0) is 20.9 Å². The summed E-state index contributed by atoms with van der Waals surface area (Å²) in [5, 5.41) is 2.62. The first-order valence-corrected chi connectivity index (χ1v) is 13.9. The molecule has 2 aliphatic rings. The molecule has 1 aliphatic carbocycles. The molecule has 0 bridgehead atoms. The Morgan fingerprint density at radius 1 is 0.974 bits per heavy atom. The third kappa shape index (κ3) is 8.29. The molecule has 0 aromatic heterocycles. The topological polar surface area (TPSA) is 67.9 Å². The number of amides is 1. The molecule has 6 nitrogen and oxygen atoms in total. The Kier molecular flexibility index (Phi) is 9.42. The van der Waals surface area contributed by atoms with Gasteiger partial charge in [-0.3, -0.25) is 10.1 Å². The maximum absolute atomic E-state index is 15.0. The number of likely N-dealkylation sites (tertiary alicyclic amines) is 1. The number of hydrogen-bond acceptors (Lipinski definition) is 5. The van der Waals surface area contributed by atoms with Gasteiger partial charge in [-0.2, -0.15) is 0 Å². The van der Waals surface area contributed by atoms with E-state index in [-0.39, 0.29) is 30.2 Å². The van der Waals surface area contributed by atoms with Crippen molar-refractivity contribution in [2.45, 2.75) is 77.4 Å². The number of rotatable bonds is 7. The van der Waals surface area contributed by atoms with Crippen molar-refractivity contribution in [3.05, 3.63) is 65.5 Å². The Hall–Kier alpha value is -2.93. The fourth-order valence-electron chi connectivity index (χ4n) is 5.57. The molecule has 1 saturated carbocycles. The van der Waals surface area contributed by atoms with Gasteiger partial charge in [0.05, 0.1) is 5.92 Å². The summed E-state index contributed by atoms with van der Waals surface area (Å²) in [5.74, 6) is 0.471. The molecular formula is C31H41FN2O4. The highest BCUT2D eigenvalue weighted by atomic mass is 19.1. The molecular weight excluding hydrogens is 483 g/mol. The number of esters is 1. The van der Waals surface area contributed by atoms with E-state index in [1.54, 1.807) is 12.1 Å². The van der Waals surface area contributed by atoms with Crippen LogP contribution in [0.25, 0.3) is 0 Å². The fraction of sp³-hybridized carbons (Fsp3) is 0.548. The van der Waals surface area contributed by atoms with Gasteiger partial charge in [0.2, 0.25) is 0 Å². The van der Waals surface area contributed by atoms with Crippen molar-refractivity contribution in [2.75, 3.05) is 25.0 Å². The van der Waals surface area contributed by atoms with E-state index in [1.807, 2.05) is 51.1 Å². The highest BCUT2D eigenvalue weighted by Crippen LogP contribution is 2.34. The highest BCUT2D eigenvalue weighted by Gasteiger charge is 2.31. The lowest BCUT2D eigenvalue weighted by molar-refractivity contribution is -0.161. The van der Waals surface area contributed by atoms with Crippen molar-refractivity contribution in [3.8, 4) is 0 Å². The zero-order valence-corrected chi connectivity index (χ0v) is 22.9. The normalized spacial score (nSPS) is 21.1. The first kappa shape index (κ1) is 28.1. The first-order valence-electron chi connectivity index (χ1n) is 13.9. The lowest BCUT2D eigenvalue weighted by Gasteiger charge is -2.36. The second-order valence-corrected chi connectivity index (χ2v) is 11.7. The van der Waals surface area contributed by atoms with Crippen LogP contribution in [0.4, 0.5) is 14.9 Å². The van der Waals surface area contributed by atoms with Gasteiger partial charge < -0.3 is 14.4 Å². The van der Waals surface area contributed by atoms with Crippen LogP contribution in [0.5, 0.6) is 0 Å². The summed E-state index contributed by atoms with van der Waals surface area (Å²) in [4.78, 5) is 27.0. The van der Waals surface area contributed by atoms with Crippen molar-refractivity contribution in [1.82, 2.24) is 4.90 Å². The van der Waals surface area contributed by atoms with E-state index in [0.29, 0.717) is 17.2 Å². The smallest absolute Gasteiger partial charge is 0.411 e. The van der Waals surface area contributed by atoms with Gasteiger partial charge in [0.1, 0.15) is 18.0 Å². The number of hydrogen-bond donors (Lipinski definition) is 1. The summed E-state index contributed by atoms with van der Waals surface area (Å²) in [6, 6.07) is 14.3. The van der Waals surface area contributed by atoms with Crippen molar-refractivity contribution in [2.24, 2.45) is 11.8 Å². The predicted molar refractivity (Wildman–Crippen MR) is 146 cm³/mol. The van der Waals surface area contributed by atoms with Crippen molar-refractivity contribution >= 4 is 17.7 Å². The predicted octanol–water partition coefficient (Wildman–Crippen LogP) is 6.90. The Labute approximate surface area is 225 Å². The Morgan fingerprint density at radius 3 is 2.29 bits per heavy atom. The zero-order chi connectivity index (χ0) is 27.1. The molecule has 1 N–H and O–H groups in total. The van der Waals surface area contributed by atoms with Crippen LogP contribution in [0.2, 0.25) is 0 Å². The SMILES string of the molecule is CC(C)(C)OC(=O)[C@H]1CC[C@H](CN2CCC(c3ccc(NC(=O)OCc4ccccc4)cc3F)CC2)CC1. The van der Waals surface area contributed by atoms with Crippen LogP contribution >= 0.6 is 0 Å². The quantitative estimate of drug-likeness (QED) is 0.399. The van der Waals surface area contributed by atoms with Gasteiger partial charge in [0.15, 0.2) is 0 Å². The summed E-state index contributed by atoms with van der Waals surface area (Å²) < 4.78 is 25.8. The molecule has 2 aromatic rings. The van der Waals surface area contributed by atoms with E-state index >= 15 is 0 Å². The molecule has 38 heavy (non-hydrogen) atoms. The average Bonchev–Trinajstić information content (AvgIpc) is 2.88. The minimum atomic E-state index is -0.602. The molecule has 2 fully saturated rings. The number of carbonyl (C=O) groups is 2. The van der Waals surface area contributed by atoms with Gasteiger partial charge in [0, 0.05) is 12.2 Å². The van der Waals surface area contributed by atoms with Crippen molar-refractivity contribution in [1.29, 1.82) is 0 Å². The number of carbonyl (C=O) groups excluding carboxylic acids is 2. The van der Waals surface area contributed by atoms with E-state index < -0.39 is 11.7 Å². The number of benzene rings is 2. The van der Waals surface area contributed by atoms with Gasteiger partial charge in [-0.1, -0.05) is 36.4 Å². The summed E-state index contributed by atoms with van der Waals surface area (Å²) >= 11 is 0. The lowest BCUT2D eigenvalue weighted by atomic mass is 9.81. The third-order valence-corrected chi connectivity index (χ3v) is 7.59. The van der Waals surface area contributed by atoms with E-state index in [9.17, 15) is 14.0 Å². The van der Waals surface area contributed by atoms with Gasteiger partial charge in [-0.25, -0.2) is 9.18 Å². The Balaban J connectivity index is 1.19. The number of halogens is 1. The van der Waals surface area contributed by atoms with Crippen LogP contribution in [0.1, 0.15) is 76.3 Å². The van der Waals surface area contributed by atoms with Crippen molar-refractivity contribution in [3.63, 3.8) is 0 Å². The monoisotopic (exact) mass is 524 g/mol. The van der Waals surface area contributed by atoms with Gasteiger partial charge in [-0.15, -0.1) is 0 Å². The van der Waals surface area contributed by atoms with E-state index in [1.165, 1.54) is 6.07 Å². The molecule has 1 heterocycles. The fourth-order valence-corrected chi connectivity index (χ4v) is 5.57. The Bertz CT molecular complexity index is 1070. The van der Waals surface area contributed by atoms with Gasteiger partial charge >= 0.3 is 12.1 Å². The number of nitrogens with one attached hydrogen (secondary N) is 1. The first-order chi connectivity index (χ1) is 18.2. The van der Waals surface area contributed by atoms with E-state index in [4.69, 9.17) is 9.47 Å². The minimum absolute atomic E-state index is 0.0300. The molecule has 206 valence electrons. The summed E-state index contributed by atoms with van der Waals surface area (Å²) in [6.45, 7) is 8.86. The van der Waals surface area contributed by atoms with Gasteiger partial charge in [-0.05, 0) is 107 Å². The summed E-state index contributed by atoms with van der Waals surface area (Å²) in [6.07, 6.45) is 5.14. The van der Waals surface area contributed by atoms with Crippen LogP contribution in [0.3, 0.4) is 0 Å². The second kappa shape index (κ2) is 12.7. The van der Waals surface area contributed by atoms with E-state index in [2.05, 4.69) is 10.2 Å². The maximum atomic E-state index is 15.0. The molecule has 0 unspecified atom stereocenters. The maximum Gasteiger partial charge on any atom is 0.411 e. The van der Waals surface area contributed by atoms with Crippen LogP contribution in [0.15, 0.2) is 48.5 Å². The molecule has 1 amide bonds. The average molecular weight is 525 g/mol. The molecule has 7 heteroatoms. The minimum Gasteiger partial charge on any atom is -0.460 e. The van der Waals surface area contributed by atoms with Crippen LogP contribution in [-0.4, -0.2) is 42.2 Å². The molecule has 4 rings (SSSR count). The third-order valence-electron chi connectivity index (χ3n) is 7.59. The molecule has 1 aliphatic heterocycles. The molecule has 2 aromatic carbocycles. The zero-order valence-electron chi connectivity index (χ0n) is 22.9. The number of ether oxygens (including phenoxy) is 2. The number of anilines is 1. The number of nitrogens with zero attached hydrogens (tertiary/aromatic N) is 1. The number of piperidine rings is 1. The Morgan fingerprint density at radius 2 is 1.66 bits per heavy atom. The lowest BCUT2D eigenvalue weighted by Crippen LogP contribution is -2.38.